The topological polar surface area (TPSA) is 49.4 Å². The molecule has 2 rings (SSSR count). The first-order chi connectivity index (χ1) is 10.0. The van der Waals surface area contributed by atoms with Crippen molar-refractivity contribution in [2.45, 2.75) is 50.6 Å². The molecule has 1 aliphatic carbocycles. The number of hydrogen-bond donors (Lipinski definition) is 1. The molecule has 0 aromatic heterocycles. The molecule has 1 aliphatic rings. The molecule has 1 fully saturated rings. The third-order valence-electron chi connectivity index (χ3n) is 3.63. The third kappa shape index (κ3) is 3.97. The maximum absolute atomic E-state index is 12.7. The lowest BCUT2D eigenvalue weighted by Gasteiger charge is -2.20. The van der Waals surface area contributed by atoms with Crippen LogP contribution in [0.2, 0.25) is 5.02 Å². The van der Waals surface area contributed by atoms with Gasteiger partial charge in [-0.2, -0.15) is 4.31 Å². The van der Waals surface area contributed by atoms with E-state index in [4.69, 9.17) is 11.6 Å². The third-order valence-corrected chi connectivity index (χ3v) is 6.02. The van der Waals surface area contributed by atoms with Crippen molar-refractivity contribution in [2.24, 2.45) is 0 Å². The van der Waals surface area contributed by atoms with E-state index in [1.807, 2.05) is 6.92 Å². The van der Waals surface area contributed by atoms with Gasteiger partial charge in [-0.25, -0.2) is 8.42 Å². The van der Waals surface area contributed by atoms with Crippen molar-refractivity contribution in [3.8, 4) is 0 Å². The van der Waals surface area contributed by atoms with Gasteiger partial charge in [0.05, 0.1) is 4.90 Å². The Labute approximate surface area is 132 Å². The summed E-state index contributed by atoms with van der Waals surface area (Å²) in [5.41, 5.74) is 0.832. The molecule has 0 aliphatic heterocycles. The van der Waals surface area contributed by atoms with Crippen molar-refractivity contribution < 1.29 is 8.42 Å². The molecule has 1 N–H and O–H groups in total. The fourth-order valence-corrected chi connectivity index (χ4v) is 4.30. The van der Waals surface area contributed by atoms with E-state index in [0.29, 0.717) is 23.0 Å². The van der Waals surface area contributed by atoms with Crippen LogP contribution in [0.15, 0.2) is 23.1 Å². The standard InChI is InChI=1S/C15H23ClN2O2S/c1-3-9-17-11-12-10-14(7-8-15(12)16)21(19,20)18(4-2)13-5-6-13/h7-8,10,13,17H,3-6,9,11H2,1-2H3. The largest absolute Gasteiger partial charge is 0.313 e. The molecular weight excluding hydrogens is 308 g/mol. The van der Waals surface area contributed by atoms with Gasteiger partial charge in [-0.05, 0) is 49.6 Å². The molecule has 118 valence electrons. The Bertz CT molecular complexity index is 585. The highest BCUT2D eigenvalue weighted by Gasteiger charge is 2.36. The van der Waals surface area contributed by atoms with Crippen molar-refractivity contribution in [2.75, 3.05) is 13.1 Å². The number of rotatable bonds is 8. The van der Waals surface area contributed by atoms with E-state index in [0.717, 1.165) is 31.4 Å². The summed E-state index contributed by atoms with van der Waals surface area (Å²) in [5, 5.41) is 3.86. The van der Waals surface area contributed by atoms with Crippen LogP contribution in [0.4, 0.5) is 0 Å². The first-order valence-electron chi connectivity index (χ1n) is 7.51. The summed E-state index contributed by atoms with van der Waals surface area (Å²) < 4.78 is 27.0. The van der Waals surface area contributed by atoms with E-state index in [1.165, 1.54) is 0 Å². The molecular formula is C15H23ClN2O2S. The Morgan fingerprint density at radius 1 is 1.33 bits per heavy atom. The average molecular weight is 331 g/mol. The second kappa shape index (κ2) is 7.09. The summed E-state index contributed by atoms with van der Waals surface area (Å²) in [6.45, 7) is 5.96. The molecule has 21 heavy (non-hydrogen) atoms. The summed E-state index contributed by atoms with van der Waals surface area (Å²) in [6.07, 6.45) is 2.96. The van der Waals surface area contributed by atoms with Gasteiger partial charge >= 0.3 is 0 Å². The monoisotopic (exact) mass is 330 g/mol. The van der Waals surface area contributed by atoms with E-state index < -0.39 is 10.0 Å². The lowest BCUT2D eigenvalue weighted by atomic mass is 10.2. The lowest BCUT2D eigenvalue weighted by molar-refractivity contribution is 0.421. The van der Waals surface area contributed by atoms with Crippen molar-refractivity contribution >= 4 is 21.6 Å². The molecule has 4 nitrogen and oxygen atoms in total. The molecule has 0 bridgehead atoms. The predicted octanol–water partition coefficient (Wildman–Crippen LogP) is 3.01. The van der Waals surface area contributed by atoms with Crippen LogP contribution in [0.5, 0.6) is 0 Å². The molecule has 0 spiro atoms. The Balaban J connectivity index is 2.24. The normalized spacial score (nSPS) is 15.6. The van der Waals surface area contributed by atoms with Crippen LogP contribution in [0, 0.1) is 0 Å². The van der Waals surface area contributed by atoms with Gasteiger partial charge in [0, 0.05) is 24.2 Å². The zero-order valence-corrected chi connectivity index (χ0v) is 14.2. The molecule has 1 aromatic carbocycles. The quantitative estimate of drug-likeness (QED) is 0.745. The number of nitrogens with one attached hydrogen (secondary N) is 1. The highest BCUT2D eigenvalue weighted by molar-refractivity contribution is 7.89. The Hall–Kier alpha value is -0.620. The molecule has 1 saturated carbocycles. The fraction of sp³-hybridized carbons (Fsp3) is 0.600. The van der Waals surface area contributed by atoms with Gasteiger partial charge in [-0.3, -0.25) is 0 Å². The number of nitrogens with zero attached hydrogens (tertiary/aromatic N) is 1. The smallest absolute Gasteiger partial charge is 0.243 e. The molecule has 0 radical (unpaired) electrons. The molecule has 6 heteroatoms. The molecule has 0 amide bonds. The SMILES string of the molecule is CCCNCc1cc(S(=O)(=O)N(CC)C2CC2)ccc1Cl. The fourth-order valence-electron chi connectivity index (χ4n) is 2.37. The van der Waals surface area contributed by atoms with Crippen molar-refractivity contribution in [1.29, 1.82) is 0 Å². The summed E-state index contributed by atoms with van der Waals surface area (Å²) in [6, 6.07) is 5.16. The van der Waals surface area contributed by atoms with Gasteiger partial charge < -0.3 is 5.32 Å². The van der Waals surface area contributed by atoms with E-state index >= 15 is 0 Å². The van der Waals surface area contributed by atoms with E-state index in [9.17, 15) is 8.42 Å². The Kier molecular flexibility index (Phi) is 5.66. The predicted molar refractivity (Wildman–Crippen MR) is 86.0 cm³/mol. The second-order valence-corrected chi connectivity index (χ2v) is 7.67. The van der Waals surface area contributed by atoms with Crippen LogP contribution in [-0.2, 0) is 16.6 Å². The minimum absolute atomic E-state index is 0.178. The Morgan fingerprint density at radius 3 is 2.62 bits per heavy atom. The van der Waals surface area contributed by atoms with Crippen molar-refractivity contribution in [1.82, 2.24) is 9.62 Å². The molecule has 0 saturated heterocycles. The Morgan fingerprint density at radius 2 is 2.05 bits per heavy atom. The second-order valence-electron chi connectivity index (χ2n) is 5.37. The van der Waals surface area contributed by atoms with Gasteiger partial charge in [0.2, 0.25) is 10.0 Å². The average Bonchev–Trinajstić information content (AvgIpc) is 3.26. The molecule has 0 heterocycles. The van der Waals surface area contributed by atoms with Crippen LogP contribution in [-0.4, -0.2) is 31.9 Å². The first kappa shape index (κ1) is 16.7. The highest BCUT2D eigenvalue weighted by Crippen LogP contribution is 2.32. The zero-order chi connectivity index (χ0) is 15.5. The van der Waals surface area contributed by atoms with Crippen molar-refractivity contribution in [3.63, 3.8) is 0 Å². The van der Waals surface area contributed by atoms with Gasteiger partial charge in [-0.15, -0.1) is 0 Å². The first-order valence-corrected chi connectivity index (χ1v) is 9.33. The van der Waals surface area contributed by atoms with Gasteiger partial charge in [0.15, 0.2) is 0 Å². The number of halogens is 1. The lowest BCUT2D eigenvalue weighted by Crippen LogP contribution is -2.33. The van der Waals surface area contributed by atoms with Crippen LogP contribution in [0.3, 0.4) is 0 Å². The zero-order valence-electron chi connectivity index (χ0n) is 12.6. The minimum Gasteiger partial charge on any atom is -0.313 e. The number of hydrogen-bond acceptors (Lipinski definition) is 3. The van der Waals surface area contributed by atoms with Gasteiger partial charge in [-0.1, -0.05) is 25.4 Å². The molecule has 1 aromatic rings. The molecule has 0 unspecified atom stereocenters. The highest BCUT2D eigenvalue weighted by atomic mass is 35.5. The minimum atomic E-state index is -3.41. The van der Waals surface area contributed by atoms with Crippen LogP contribution in [0.1, 0.15) is 38.7 Å². The summed E-state index contributed by atoms with van der Waals surface area (Å²) in [7, 11) is -3.41. The number of benzene rings is 1. The maximum Gasteiger partial charge on any atom is 0.243 e. The maximum atomic E-state index is 12.7. The summed E-state index contributed by atoms with van der Waals surface area (Å²) >= 11 is 6.17. The van der Waals surface area contributed by atoms with Crippen LogP contribution in [0.25, 0.3) is 0 Å². The van der Waals surface area contributed by atoms with Gasteiger partial charge in [0.25, 0.3) is 0 Å². The van der Waals surface area contributed by atoms with E-state index in [1.54, 1.807) is 22.5 Å². The van der Waals surface area contributed by atoms with Crippen LogP contribution >= 0.6 is 11.6 Å². The van der Waals surface area contributed by atoms with E-state index in [-0.39, 0.29) is 6.04 Å². The molecule has 0 atom stereocenters. The number of sulfonamides is 1. The van der Waals surface area contributed by atoms with E-state index in [2.05, 4.69) is 12.2 Å². The van der Waals surface area contributed by atoms with Crippen molar-refractivity contribution in [3.05, 3.63) is 28.8 Å². The summed E-state index contributed by atoms with van der Waals surface area (Å²) in [5.74, 6) is 0. The van der Waals surface area contributed by atoms with Crippen LogP contribution < -0.4 is 5.32 Å². The summed E-state index contributed by atoms with van der Waals surface area (Å²) in [4.78, 5) is 0.342. The van der Waals surface area contributed by atoms with Gasteiger partial charge in [0.1, 0.15) is 0 Å².